The van der Waals surface area contributed by atoms with Crippen molar-refractivity contribution in [3.05, 3.63) is 29.8 Å². The summed E-state index contributed by atoms with van der Waals surface area (Å²) in [7, 11) is 0. The predicted molar refractivity (Wildman–Crippen MR) is 78.9 cm³/mol. The molecule has 3 N–H and O–H groups in total. The second-order valence-electron chi connectivity index (χ2n) is 5.60. The first-order valence-corrected chi connectivity index (χ1v) is 7.37. The van der Waals surface area contributed by atoms with Gasteiger partial charge in [-0.1, -0.05) is 6.07 Å². The van der Waals surface area contributed by atoms with Crippen LogP contribution in [0.1, 0.15) is 24.8 Å². The van der Waals surface area contributed by atoms with Gasteiger partial charge in [-0.15, -0.1) is 0 Å². The quantitative estimate of drug-likeness (QED) is 0.699. The van der Waals surface area contributed by atoms with Crippen LogP contribution in [0.15, 0.2) is 24.3 Å². The molecule has 2 rings (SSSR count). The van der Waals surface area contributed by atoms with Crippen molar-refractivity contribution < 1.29 is 14.9 Å². The van der Waals surface area contributed by atoms with Gasteiger partial charge in [0, 0.05) is 6.54 Å². The van der Waals surface area contributed by atoms with Crippen LogP contribution in [0.25, 0.3) is 0 Å². The molecule has 5 nitrogen and oxygen atoms in total. The maximum absolute atomic E-state index is 9.86. The molecule has 1 saturated carbocycles. The van der Waals surface area contributed by atoms with Crippen molar-refractivity contribution in [2.75, 3.05) is 19.7 Å². The molecule has 0 amide bonds. The standard InChI is InChI=1S/C16H22N2O3/c17-8-12-2-1-3-16(7-12)21-11-15(20)10-18-9-13-4-5-14(19)6-13/h1-3,7,13-15,18-20H,4-6,9-11H2. The molecule has 1 aromatic rings. The van der Waals surface area contributed by atoms with Crippen LogP contribution >= 0.6 is 0 Å². The lowest BCUT2D eigenvalue weighted by Crippen LogP contribution is -2.34. The zero-order chi connectivity index (χ0) is 15.1. The lowest BCUT2D eigenvalue weighted by atomic mass is 10.1. The van der Waals surface area contributed by atoms with Crippen molar-refractivity contribution in [2.24, 2.45) is 5.92 Å². The summed E-state index contributed by atoms with van der Waals surface area (Å²) in [5.41, 5.74) is 0.542. The van der Waals surface area contributed by atoms with E-state index in [1.165, 1.54) is 0 Å². The molecule has 3 unspecified atom stereocenters. The van der Waals surface area contributed by atoms with Crippen molar-refractivity contribution in [1.29, 1.82) is 5.26 Å². The number of nitriles is 1. The van der Waals surface area contributed by atoms with Gasteiger partial charge in [0.1, 0.15) is 18.5 Å². The second kappa shape index (κ2) is 7.99. The van der Waals surface area contributed by atoms with Crippen LogP contribution in [0.4, 0.5) is 0 Å². The summed E-state index contributed by atoms with van der Waals surface area (Å²) in [4.78, 5) is 0. The Kier molecular flexibility index (Phi) is 6.00. The van der Waals surface area contributed by atoms with E-state index in [9.17, 15) is 10.2 Å². The Bertz CT molecular complexity index is 487. The maximum atomic E-state index is 9.86. The molecule has 3 atom stereocenters. The second-order valence-corrected chi connectivity index (χ2v) is 5.60. The summed E-state index contributed by atoms with van der Waals surface area (Å²) >= 11 is 0. The summed E-state index contributed by atoms with van der Waals surface area (Å²) < 4.78 is 5.47. The fraction of sp³-hybridized carbons (Fsp3) is 0.562. The van der Waals surface area contributed by atoms with Gasteiger partial charge in [-0.25, -0.2) is 0 Å². The molecule has 1 fully saturated rings. The van der Waals surface area contributed by atoms with Gasteiger partial charge in [0.15, 0.2) is 0 Å². The topological polar surface area (TPSA) is 85.5 Å². The number of nitrogens with zero attached hydrogens (tertiary/aromatic N) is 1. The number of aliphatic hydroxyl groups is 2. The highest BCUT2D eigenvalue weighted by Gasteiger charge is 2.22. The van der Waals surface area contributed by atoms with Crippen molar-refractivity contribution in [3.8, 4) is 11.8 Å². The number of hydrogen-bond donors (Lipinski definition) is 3. The molecule has 0 heterocycles. The normalized spacial score (nSPS) is 22.7. The molecule has 0 bridgehead atoms. The molecule has 114 valence electrons. The van der Waals surface area contributed by atoms with Crippen molar-refractivity contribution in [1.82, 2.24) is 5.32 Å². The predicted octanol–water partition coefficient (Wildman–Crippen LogP) is 1.05. The van der Waals surface area contributed by atoms with Crippen LogP contribution in [0, 0.1) is 17.2 Å². The first-order valence-electron chi connectivity index (χ1n) is 7.37. The molecular weight excluding hydrogens is 268 g/mol. The summed E-state index contributed by atoms with van der Waals surface area (Å²) in [6.07, 6.45) is 2.02. The molecule has 1 aromatic carbocycles. The minimum Gasteiger partial charge on any atom is -0.491 e. The molecule has 0 aliphatic heterocycles. The van der Waals surface area contributed by atoms with Crippen molar-refractivity contribution >= 4 is 0 Å². The smallest absolute Gasteiger partial charge is 0.120 e. The molecule has 0 spiro atoms. The fourth-order valence-electron chi connectivity index (χ4n) is 2.59. The molecule has 21 heavy (non-hydrogen) atoms. The van der Waals surface area contributed by atoms with Gasteiger partial charge in [0.25, 0.3) is 0 Å². The Labute approximate surface area is 125 Å². The van der Waals surface area contributed by atoms with E-state index in [1.54, 1.807) is 24.3 Å². The van der Waals surface area contributed by atoms with Crippen LogP contribution in [-0.2, 0) is 0 Å². The third-order valence-corrected chi connectivity index (χ3v) is 3.73. The molecular formula is C16H22N2O3. The third kappa shape index (κ3) is 5.35. The van der Waals surface area contributed by atoms with Crippen molar-refractivity contribution in [2.45, 2.75) is 31.5 Å². The van der Waals surface area contributed by atoms with E-state index >= 15 is 0 Å². The van der Waals surface area contributed by atoms with Gasteiger partial charge < -0.3 is 20.3 Å². The van der Waals surface area contributed by atoms with Crippen LogP contribution in [0.2, 0.25) is 0 Å². The lowest BCUT2D eigenvalue weighted by molar-refractivity contribution is 0.105. The summed E-state index contributed by atoms with van der Waals surface area (Å²) in [5, 5.41) is 31.3. The minimum absolute atomic E-state index is 0.155. The average molecular weight is 290 g/mol. The van der Waals surface area contributed by atoms with E-state index < -0.39 is 6.10 Å². The highest BCUT2D eigenvalue weighted by atomic mass is 16.5. The first kappa shape index (κ1) is 15.8. The monoisotopic (exact) mass is 290 g/mol. The van der Waals surface area contributed by atoms with Gasteiger partial charge >= 0.3 is 0 Å². The number of benzene rings is 1. The Morgan fingerprint density at radius 2 is 2.29 bits per heavy atom. The van der Waals surface area contributed by atoms with Gasteiger partial charge in [-0.2, -0.15) is 5.26 Å². The Morgan fingerprint density at radius 3 is 3.00 bits per heavy atom. The maximum Gasteiger partial charge on any atom is 0.120 e. The Hall–Kier alpha value is -1.61. The van der Waals surface area contributed by atoms with Gasteiger partial charge in [0.05, 0.1) is 17.7 Å². The van der Waals surface area contributed by atoms with E-state index in [-0.39, 0.29) is 12.7 Å². The van der Waals surface area contributed by atoms with Crippen molar-refractivity contribution in [3.63, 3.8) is 0 Å². The number of nitrogens with one attached hydrogen (secondary N) is 1. The van der Waals surface area contributed by atoms with Crippen LogP contribution in [0.5, 0.6) is 5.75 Å². The van der Waals surface area contributed by atoms with E-state index in [0.717, 1.165) is 25.8 Å². The third-order valence-electron chi connectivity index (χ3n) is 3.73. The van der Waals surface area contributed by atoms with Gasteiger partial charge in [0.2, 0.25) is 0 Å². The summed E-state index contributed by atoms with van der Waals surface area (Å²) in [6.45, 7) is 1.47. The molecule has 5 heteroatoms. The Morgan fingerprint density at radius 1 is 1.43 bits per heavy atom. The highest BCUT2D eigenvalue weighted by molar-refractivity contribution is 5.36. The number of hydrogen-bond acceptors (Lipinski definition) is 5. The zero-order valence-corrected chi connectivity index (χ0v) is 12.0. The minimum atomic E-state index is -0.595. The molecule has 0 saturated heterocycles. The molecule has 0 radical (unpaired) electrons. The van der Waals surface area contributed by atoms with Crippen LogP contribution in [0.3, 0.4) is 0 Å². The number of aliphatic hydroxyl groups excluding tert-OH is 2. The number of rotatable bonds is 7. The molecule has 1 aliphatic carbocycles. The summed E-state index contributed by atoms with van der Waals surface area (Å²) in [5.74, 6) is 1.09. The Balaban J connectivity index is 1.63. The van der Waals surface area contributed by atoms with Crippen LogP contribution in [-0.4, -0.2) is 42.1 Å². The first-order chi connectivity index (χ1) is 10.2. The SMILES string of the molecule is N#Cc1cccc(OCC(O)CNCC2CCC(O)C2)c1. The van der Waals surface area contributed by atoms with E-state index in [1.807, 2.05) is 6.07 Å². The molecule has 0 aromatic heterocycles. The van der Waals surface area contributed by atoms with Crippen LogP contribution < -0.4 is 10.1 Å². The van der Waals surface area contributed by atoms with E-state index in [0.29, 0.717) is 23.8 Å². The number of ether oxygens (including phenoxy) is 1. The van der Waals surface area contributed by atoms with E-state index in [2.05, 4.69) is 5.32 Å². The zero-order valence-electron chi connectivity index (χ0n) is 12.0. The highest BCUT2D eigenvalue weighted by Crippen LogP contribution is 2.24. The average Bonchev–Trinajstić information content (AvgIpc) is 2.91. The fourth-order valence-corrected chi connectivity index (χ4v) is 2.59. The summed E-state index contributed by atoms with van der Waals surface area (Å²) in [6, 6.07) is 8.93. The van der Waals surface area contributed by atoms with Gasteiger partial charge in [-0.05, 0) is 49.9 Å². The lowest BCUT2D eigenvalue weighted by Gasteiger charge is -2.15. The van der Waals surface area contributed by atoms with E-state index in [4.69, 9.17) is 10.00 Å². The molecule has 1 aliphatic rings. The largest absolute Gasteiger partial charge is 0.491 e. The van der Waals surface area contributed by atoms with Gasteiger partial charge in [-0.3, -0.25) is 0 Å².